The Hall–Kier alpha value is -2.05. The van der Waals surface area contributed by atoms with Crippen LogP contribution in [0, 0.1) is 0 Å². The summed E-state index contributed by atoms with van der Waals surface area (Å²) >= 11 is 0. The summed E-state index contributed by atoms with van der Waals surface area (Å²) in [7, 11) is 0. The molecule has 1 aromatic carbocycles. The van der Waals surface area contributed by atoms with Gasteiger partial charge in [0.05, 0.1) is 17.7 Å². The van der Waals surface area contributed by atoms with E-state index in [4.69, 9.17) is 0 Å². The molecule has 4 nitrogen and oxygen atoms in total. The normalized spacial score (nSPS) is 16.6. The number of carbonyl (C=O) groups excluding carboxylic acids is 2. The van der Waals surface area contributed by atoms with Gasteiger partial charge in [-0.25, -0.2) is 0 Å². The fourth-order valence-corrected chi connectivity index (χ4v) is 2.07. The average molecular weight is 286 g/mol. The van der Waals surface area contributed by atoms with Crippen LogP contribution in [0.1, 0.15) is 22.3 Å². The Balaban J connectivity index is 2.31. The molecule has 0 unspecified atom stereocenters. The minimum absolute atomic E-state index is 0.217. The zero-order chi connectivity index (χ0) is 14.8. The zero-order valence-electron chi connectivity index (χ0n) is 10.5. The molecule has 1 N–H and O–H groups in total. The average Bonchev–Trinajstić information content (AvgIpc) is 2.61. The highest BCUT2D eigenvalue weighted by Crippen LogP contribution is 2.32. The van der Waals surface area contributed by atoms with Crippen molar-refractivity contribution in [2.24, 2.45) is 0 Å². The van der Waals surface area contributed by atoms with Crippen LogP contribution >= 0.6 is 0 Å². The molecule has 2 rings (SSSR count). The van der Waals surface area contributed by atoms with E-state index in [0.717, 1.165) is 17.0 Å². The number of amides is 2. The molecule has 0 atom stereocenters. The summed E-state index contributed by atoms with van der Waals surface area (Å²) in [5.41, 5.74) is -1.40. The number of halogens is 3. The van der Waals surface area contributed by atoms with Gasteiger partial charge in [0, 0.05) is 13.1 Å². The van der Waals surface area contributed by atoms with E-state index in [-0.39, 0.29) is 19.0 Å². The van der Waals surface area contributed by atoms with Gasteiger partial charge in [-0.1, -0.05) is 12.1 Å². The Morgan fingerprint density at radius 1 is 1.25 bits per heavy atom. The van der Waals surface area contributed by atoms with E-state index < -0.39 is 23.2 Å². The topological polar surface area (TPSA) is 49.4 Å². The predicted molar refractivity (Wildman–Crippen MR) is 65.0 cm³/mol. The van der Waals surface area contributed by atoms with Crippen molar-refractivity contribution in [2.45, 2.75) is 12.6 Å². The number of hydrogen-bond donors (Lipinski definition) is 1. The zero-order valence-corrected chi connectivity index (χ0v) is 10.5. The van der Waals surface area contributed by atoms with Crippen molar-refractivity contribution in [3.63, 3.8) is 0 Å². The second-order valence-electron chi connectivity index (χ2n) is 4.47. The van der Waals surface area contributed by atoms with Crippen LogP contribution in [0.5, 0.6) is 0 Å². The van der Waals surface area contributed by atoms with Crippen molar-refractivity contribution in [3.8, 4) is 0 Å². The summed E-state index contributed by atoms with van der Waals surface area (Å²) in [4.78, 5) is 24.7. The van der Waals surface area contributed by atoms with Gasteiger partial charge in [0.2, 0.25) is 5.91 Å². The number of nitrogens with zero attached hydrogens (tertiary/aromatic N) is 1. The summed E-state index contributed by atoms with van der Waals surface area (Å²) in [5.74, 6) is -1.13. The van der Waals surface area contributed by atoms with E-state index in [1.54, 1.807) is 0 Å². The monoisotopic (exact) mass is 286 g/mol. The molecular weight excluding hydrogens is 273 g/mol. The van der Waals surface area contributed by atoms with Gasteiger partial charge in [-0.05, 0) is 18.6 Å². The molecule has 0 spiro atoms. The fourth-order valence-electron chi connectivity index (χ4n) is 2.07. The molecule has 1 aliphatic heterocycles. The molecule has 0 aliphatic carbocycles. The summed E-state index contributed by atoms with van der Waals surface area (Å²) in [6.07, 6.45) is -4.08. The van der Waals surface area contributed by atoms with Gasteiger partial charge < -0.3 is 10.2 Å². The highest BCUT2D eigenvalue weighted by Gasteiger charge is 2.36. The van der Waals surface area contributed by atoms with Crippen LogP contribution in [0.2, 0.25) is 0 Å². The molecule has 0 radical (unpaired) electrons. The standard InChI is InChI=1S/C13H13F3N2O2/c14-13(15,16)10-5-2-1-4-9(10)12(20)18-7-3-6-17-11(19)8-18/h1-2,4-5H,3,6-8H2,(H,17,19). The third kappa shape index (κ3) is 3.09. The quantitative estimate of drug-likeness (QED) is 0.853. The minimum Gasteiger partial charge on any atom is -0.354 e. The maximum Gasteiger partial charge on any atom is 0.417 e. The van der Waals surface area contributed by atoms with Crippen LogP contribution in [-0.2, 0) is 11.0 Å². The molecule has 1 aromatic rings. The van der Waals surface area contributed by atoms with E-state index in [9.17, 15) is 22.8 Å². The van der Waals surface area contributed by atoms with Crippen molar-refractivity contribution in [3.05, 3.63) is 35.4 Å². The number of nitrogens with one attached hydrogen (secondary N) is 1. The maximum absolute atomic E-state index is 12.9. The highest BCUT2D eigenvalue weighted by molar-refractivity contribution is 5.98. The smallest absolute Gasteiger partial charge is 0.354 e. The fraction of sp³-hybridized carbons (Fsp3) is 0.385. The lowest BCUT2D eigenvalue weighted by molar-refractivity contribution is -0.138. The van der Waals surface area contributed by atoms with Crippen molar-refractivity contribution in [2.75, 3.05) is 19.6 Å². The summed E-state index contributed by atoms with van der Waals surface area (Å²) < 4.78 is 38.6. The number of rotatable bonds is 1. The Kier molecular flexibility index (Phi) is 3.96. The molecule has 7 heteroatoms. The van der Waals surface area contributed by atoms with E-state index >= 15 is 0 Å². The maximum atomic E-state index is 12.9. The number of hydrogen-bond acceptors (Lipinski definition) is 2. The largest absolute Gasteiger partial charge is 0.417 e. The first-order valence-electron chi connectivity index (χ1n) is 6.12. The third-order valence-electron chi connectivity index (χ3n) is 3.01. The molecular formula is C13H13F3N2O2. The predicted octanol–water partition coefficient (Wildman–Crippen LogP) is 1.67. The first-order chi connectivity index (χ1) is 9.39. The van der Waals surface area contributed by atoms with Crippen molar-refractivity contribution in [1.29, 1.82) is 0 Å². The Bertz CT molecular complexity index is 529. The number of carbonyl (C=O) groups is 2. The van der Waals surface area contributed by atoms with Crippen LogP contribution in [0.25, 0.3) is 0 Å². The lowest BCUT2D eigenvalue weighted by Gasteiger charge is -2.21. The molecule has 1 heterocycles. The first-order valence-corrected chi connectivity index (χ1v) is 6.12. The number of benzene rings is 1. The van der Waals surface area contributed by atoms with Gasteiger partial charge >= 0.3 is 6.18 Å². The molecule has 1 saturated heterocycles. The van der Waals surface area contributed by atoms with Gasteiger partial charge in [-0.15, -0.1) is 0 Å². The lowest BCUT2D eigenvalue weighted by Crippen LogP contribution is -2.38. The van der Waals surface area contributed by atoms with Crippen LogP contribution in [0.4, 0.5) is 13.2 Å². The van der Waals surface area contributed by atoms with Gasteiger partial charge in [-0.3, -0.25) is 9.59 Å². The molecule has 2 amide bonds. The molecule has 1 aliphatic rings. The minimum atomic E-state index is -4.60. The van der Waals surface area contributed by atoms with Gasteiger partial charge in [0.15, 0.2) is 0 Å². The lowest BCUT2D eigenvalue weighted by atomic mass is 10.1. The molecule has 0 bridgehead atoms. The van der Waals surface area contributed by atoms with Crippen molar-refractivity contribution >= 4 is 11.8 Å². The van der Waals surface area contributed by atoms with E-state index in [2.05, 4.69) is 5.32 Å². The SMILES string of the molecule is O=C1CN(C(=O)c2ccccc2C(F)(F)F)CCCN1. The van der Waals surface area contributed by atoms with Crippen molar-refractivity contribution < 1.29 is 22.8 Å². The van der Waals surface area contributed by atoms with Crippen LogP contribution in [0.3, 0.4) is 0 Å². The van der Waals surface area contributed by atoms with E-state index in [0.29, 0.717) is 13.0 Å². The van der Waals surface area contributed by atoms with Crippen molar-refractivity contribution in [1.82, 2.24) is 10.2 Å². The summed E-state index contributed by atoms with van der Waals surface area (Å²) in [6.45, 7) is 0.457. The van der Waals surface area contributed by atoms with E-state index in [1.807, 2.05) is 0 Å². The third-order valence-corrected chi connectivity index (χ3v) is 3.01. The molecule has 108 valence electrons. The van der Waals surface area contributed by atoms with Crippen LogP contribution in [-0.4, -0.2) is 36.3 Å². The molecule has 20 heavy (non-hydrogen) atoms. The second-order valence-corrected chi connectivity index (χ2v) is 4.47. The second kappa shape index (κ2) is 5.52. The Labute approximate surface area is 113 Å². The van der Waals surface area contributed by atoms with Gasteiger partial charge in [0.1, 0.15) is 0 Å². The first kappa shape index (κ1) is 14.4. The van der Waals surface area contributed by atoms with Crippen LogP contribution < -0.4 is 5.32 Å². The van der Waals surface area contributed by atoms with Crippen LogP contribution in [0.15, 0.2) is 24.3 Å². The molecule has 0 aromatic heterocycles. The molecule has 1 fully saturated rings. The highest BCUT2D eigenvalue weighted by atomic mass is 19.4. The summed E-state index contributed by atoms with van der Waals surface area (Å²) in [5, 5.41) is 2.57. The Morgan fingerprint density at radius 2 is 1.95 bits per heavy atom. The van der Waals surface area contributed by atoms with Gasteiger partial charge in [0.25, 0.3) is 5.91 Å². The summed E-state index contributed by atoms with van der Waals surface area (Å²) in [6, 6.07) is 4.61. The Morgan fingerprint density at radius 3 is 2.65 bits per heavy atom. The number of alkyl halides is 3. The van der Waals surface area contributed by atoms with E-state index in [1.165, 1.54) is 12.1 Å². The van der Waals surface area contributed by atoms with Gasteiger partial charge in [-0.2, -0.15) is 13.2 Å². The molecule has 0 saturated carbocycles.